The number of hydrogen-bond donors (Lipinski definition) is 1. The number of piperazine rings is 1. The Bertz CT molecular complexity index is 311. The third-order valence-corrected chi connectivity index (χ3v) is 6.28. The van der Waals surface area contributed by atoms with Crippen molar-refractivity contribution in [3.8, 4) is 0 Å². The Labute approximate surface area is 125 Å². The maximum Gasteiger partial charge on any atom is 0.0334 e. The maximum absolute atomic E-state index is 4.04. The molecule has 2 aliphatic carbocycles. The average molecular weight is 278 g/mol. The fraction of sp³-hybridized carbons (Fsp3) is 1.00. The first-order chi connectivity index (χ1) is 9.64. The highest BCUT2D eigenvalue weighted by atomic mass is 15.3. The molecule has 1 heterocycles. The van der Waals surface area contributed by atoms with Crippen LogP contribution in [-0.4, -0.2) is 35.6 Å². The van der Waals surface area contributed by atoms with Gasteiger partial charge < -0.3 is 5.32 Å². The van der Waals surface area contributed by atoms with Crippen molar-refractivity contribution in [3.05, 3.63) is 0 Å². The van der Waals surface area contributed by atoms with E-state index in [0.29, 0.717) is 11.1 Å². The minimum atomic E-state index is 0.475. The van der Waals surface area contributed by atoms with Gasteiger partial charge in [0.1, 0.15) is 0 Å². The Morgan fingerprint density at radius 2 is 1.60 bits per heavy atom. The highest BCUT2D eigenvalue weighted by Gasteiger charge is 2.48. The Hall–Kier alpha value is -0.0800. The van der Waals surface area contributed by atoms with Crippen molar-refractivity contribution in [3.63, 3.8) is 0 Å². The first-order valence-corrected chi connectivity index (χ1v) is 9.14. The van der Waals surface area contributed by atoms with Gasteiger partial charge in [0.15, 0.2) is 0 Å². The highest BCUT2D eigenvalue weighted by Crippen LogP contribution is 2.42. The SMILES string of the molecule is CC(C)CCN1CC2(CCCCC2)NCC12CCCC2. The van der Waals surface area contributed by atoms with Gasteiger partial charge in [0.25, 0.3) is 0 Å². The summed E-state index contributed by atoms with van der Waals surface area (Å²) in [4.78, 5) is 2.93. The molecule has 116 valence electrons. The Morgan fingerprint density at radius 3 is 2.25 bits per heavy atom. The molecule has 0 aromatic heterocycles. The van der Waals surface area contributed by atoms with E-state index in [4.69, 9.17) is 0 Å². The summed E-state index contributed by atoms with van der Waals surface area (Å²) < 4.78 is 0. The van der Waals surface area contributed by atoms with Crippen LogP contribution in [0.15, 0.2) is 0 Å². The van der Waals surface area contributed by atoms with Crippen LogP contribution in [0.3, 0.4) is 0 Å². The van der Waals surface area contributed by atoms with Crippen LogP contribution in [0.4, 0.5) is 0 Å². The Morgan fingerprint density at radius 1 is 0.950 bits per heavy atom. The van der Waals surface area contributed by atoms with Gasteiger partial charge in [-0.05, 0) is 44.6 Å². The molecule has 0 radical (unpaired) electrons. The standard InChI is InChI=1S/C18H34N2/c1-16(2)8-13-20-15-17(9-4-3-5-10-17)19-14-18(20)11-6-7-12-18/h16,19H,3-15H2,1-2H3. The van der Waals surface area contributed by atoms with E-state index in [1.54, 1.807) is 0 Å². The van der Waals surface area contributed by atoms with E-state index < -0.39 is 0 Å². The minimum Gasteiger partial charge on any atom is -0.308 e. The van der Waals surface area contributed by atoms with Crippen LogP contribution in [0.1, 0.15) is 78.1 Å². The lowest BCUT2D eigenvalue weighted by Gasteiger charge is -2.55. The van der Waals surface area contributed by atoms with Crippen molar-refractivity contribution in [1.82, 2.24) is 10.2 Å². The molecule has 2 saturated carbocycles. The molecule has 1 aliphatic heterocycles. The van der Waals surface area contributed by atoms with Gasteiger partial charge in [-0.3, -0.25) is 4.90 Å². The molecular weight excluding hydrogens is 244 g/mol. The predicted octanol–water partition coefficient (Wildman–Crippen LogP) is 3.95. The summed E-state index contributed by atoms with van der Waals surface area (Å²) in [6.07, 6.45) is 14.3. The lowest BCUT2D eigenvalue weighted by molar-refractivity contribution is -0.00838. The van der Waals surface area contributed by atoms with Gasteiger partial charge in [-0.15, -0.1) is 0 Å². The first kappa shape index (κ1) is 14.8. The summed E-state index contributed by atoms with van der Waals surface area (Å²) in [6, 6.07) is 0. The van der Waals surface area contributed by atoms with Gasteiger partial charge in [-0.2, -0.15) is 0 Å². The number of hydrogen-bond acceptors (Lipinski definition) is 2. The second-order valence-corrected chi connectivity index (χ2v) is 8.23. The van der Waals surface area contributed by atoms with E-state index in [9.17, 15) is 0 Å². The molecule has 1 N–H and O–H groups in total. The monoisotopic (exact) mass is 278 g/mol. The van der Waals surface area contributed by atoms with Crippen LogP contribution in [0.25, 0.3) is 0 Å². The first-order valence-electron chi connectivity index (χ1n) is 9.14. The predicted molar refractivity (Wildman–Crippen MR) is 86.0 cm³/mol. The van der Waals surface area contributed by atoms with Crippen LogP contribution in [0.2, 0.25) is 0 Å². The largest absolute Gasteiger partial charge is 0.308 e. The molecule has 3 fully saturated rings. The number of nitrogens with one attached hydrogen (secondary N) is 1. The summed E-state index contributed by atoms with van der Waals surface area (Å²) in [5.74, 6) is 0.839. The zero-order valence-corrected chi connectivity index (χ0v) is 13.7. The van der Waals surface area contributed by atoms with Crippen molar-refractivity contribution < 1.29 is 0 Å². The second-order valence-electron chi connectivity index (χ2n) is 8.23. The van der Waals surface area contributed by atoms with Crippen molar-refractivity contribution in [2.24, 2.45) is 5.92 Å². The topological polar surface area (TPSA) is 15.3 Å². The molecule has 0 amide bonds. The lowest BCUT2D eigenvalue weighted by Crippen LogP contribution is -2.69. The third-order valence-electron chi connectivity index (χ3n) is 6.28. The molecule has 0 atom stereocenters. The molecule has 0 aromatic rings. The molecule has 0 unspecified atom stereocenters. The molecule has 3 rings (SSSR count). The van der Waals surface area contributed by atoms with Crippen LogP contribution >= 0.6 is 0 Å². The lowest BCUT2D eigenvalue weighted by atomic mass is 9.76. The van der Waals surface area contributed by atoms with Gasteiger partial charge in [0.2, 0.25) is 0 Å². The zero-order valence-electron chi connectivity index (χ0n) is 13.7. The Balaban J connectivity index is 1.71. The summed E-state index contributed by atoms with van der Waals surface area (Å²) in [5, 5.41) is 4.04. The van der Waals surface area contributed by atoms with Crippen molar-refractivity contribution in [2.45, 2.75) is 89.1 Å². The molecule has 20 heavy (non-hydrogen) atoms. The fourth-order valence-corrected chi connectivity index (χ4v) is 4.87. The summed E-state index contributed by atoms with van der Waals surface area (Å²) in [5.41, 5.74) is 1.00. The fourth-order valence-electron chi connectivity index (χ4n) is 4.87. The van der Waals surface area contributed by atoms with Crippen molar-refractivity contribution in [2.75, 3.05) is 19.6 Å². The van der Waals surface area contributed by atoms with Crippen LogP contribution in [-0.2, 0) is 0 Å². The van der Waals surface area contributed by atoms with Crippen LogP contribution < -0.4 is 5.32 Å². The van der Waals surface area contributed by atoms with E-state index in [-0.39, 0.29) is 0 Å². The van der Waals surface area contributed by atoms with Crippen LogP contribution in [0.5, 0.6) is 0 Å². The highest BCUT2D eigenvalue weighted by molar-refractivity contribution is 5.07. The van der Waals surface area contributed by atoms with Crippen molar-refractivity contribution >= 4 is 0 Å². The molecule has 0 aromatic carbocycles. The van der Waals surface area contributed by atoms with Crippen molar-refractivity contribution in [1.29, 1.82) is 0 Å². The second kappa shape index (κ2) is 5.96. The summed E-state index contributed by atoms with van der Waals surface area (Å²) >= 11 is 0. The third kappa shape index (κ3) is 2.92. The molecule has 1 saturated heterocycles. The average Bonchev–Trinajstić information content (AvgIpc) is 2.91. The van der Waals surface area contributed by atoms with E-state index in [0.717, 1.165) is 5.92 Å². The Kier molecular flexibility index (Phi) is 4.42. The molecule has 0 bridgehead atoms. The molecule has 3 aliphatic rings. The van der Waals surface area contributed by atoms with E-state index in [1.165, 1.54) is 83.8 Å². The van der Waals surface area contributed by atoms with Gasteiger partial charge in [0.05, 0.1) is 0 Å². The van der Waals surface area contributed by atoms with Gasteiger partial charge in [-0.25, -0.2) is 0 Å². The van der Waals surface area contributed by atoms with Gasteiger partial charge >= 0.3 is 0 Å². The molecule has 2 heteroatoms. The smallest absolute Gasteiger partial charge is 0.0334 e. The number of rotatable bonds is 3. The maximum atomic E-state index is 4.04. The quantitative estimate of drug-likeness (QED) is 0.841. The van der Waals surface area contributed by atoms with Gasteiger partial charge in [-0.1, -0.05) is 46.0 Å². The summed E-state index contributed by atoms with van der Waals surface area (Å²) in [6.45, 7) is 8.69. The molecule has 2 nitrogen and oxygen atoms in total. The minimum absolute atomic E-state index is 0.475. The van der Waals surface area contributed by atoms with Gasteiger partial charge in [0, 0.05) is 24.2 Å². The van der Waals surface area contributed by atoms with E-state index in [2.05, 4.69) is 24.1 Å². The van der Waals surface area contributed by atoms with E-state index in [1.807, 2.05) is 0 Å². The molecule has 2 spiro atoms. The summed E-state index contributed by atoms with van der Waals surface area (Å²) in [7, 11) is 0. The van der Waals surface area contributed by atoms with Crippen LogP contribution in [0, 0.1) is 5.92 Å². The normalized spacial score (nSPS) is 29.6. The van der Waals surface area contributed by atoms with E-state index >= 15 is 0 Å². The molecular formula is C18H34N2. The zero-order chi connectivity index (χ0) is 14.1. The number of nitrogens with zero attached hydrogens (tertiary/aromatic N) is 1.